The van der Waals surface area contributed by atoms with E-state index in [1.54, 1.807) is 12.1 Å². The molecule has 1 aliphatic carbocycles. The molecule has 4 nitrogen and oxygen atoms in total. The minimum atomic E-state index is -4.70. The van der Waals surface area contributed by atoms with Gasteiger partial charge in [0, 0.05) is 11.7 Å². The molecule has 1 amide bonds. The number of pyridine rings is 1. The van der Waals surface area contributed by atoms with E-state index in [1.165, 1.54) is 12.1 Å². The van der Waals surface area contributed by atoms with Gasteiger partial charge in [-0.2, -0.15) is 13.2 Å². The van der Waals surface area contributed by atoms with E-state index in [0.29, 0.717) is 11.5 Å². The predicted molar refractivity (Wildman–Crippen MR) is 104 cm³/mol. The molecule has 0 radical (unpaired) electrons. The molecule has 1 aromatic carbocycles. The number of hydrogen-bond donors (Lipinski definition) is 2. The highest BCUT2D eigenvalue weighted by molar-refractivity contribution is 6.34. The Hall–Kier alpha value is -2.19. The number of aromatic nitrogens is 1. The molecule has 2 aliphatic rings. The first-order valence-corrected chi connectivity index (χ1v) is 10.1. The highest BCUT2D eigenvalue weighted by Crippen LogP contribution is 2.45. The summed E-state index contributed by atoms with van der Waals surface area (Å²) in [4.78, 5) is 16.8. The molecule has 2 aromatic rings. The monoisotopic (exact) mass is 441 g/mol. The van der Waals surface area contributed by atoms with E-state index in [0.717, 1.165) is 44.5 Å². The third-order valence-electron chi connectivity index (χ3n) is 6.07. The number of halogens is 5. The summed E-state index contributed by atoms with van der Waals surface area (Å²) in [5.41, 5.74) is -1.38. The first-order valence-electron chi connectivity index (χ1n) is 9.73. The molecule has 2 heterocycles. The summed E-state index contributed by atoms with van der Waals surface area (Å²) >= 11 is 5.89. The lowest BCUT2D eigenvalue weighted by Crippen LogP contribution is -2.52. The zero-order valence-electron chi connectivity index (χ0n) is 15.9. The van der Waals surface area contributed by atoms with Crippen molar-refractivity contribution in [1.82, 2.24) is 15.6 Å². The molecule has 1 saturated heterocycles. The zero-order valence-corrected chi connectivity index (χ0v) is 16.7. The Morgan fingerprint density at radius 2 is 2.00 bits per heavy atom. The number of carbonyl (C=O) groups is 1. The van der Waals surface area contributed by atoms with Crippen LogP contribution in [0.4, 0.5) is 17.6 Å². The van der Waals surface area contributed by atoms with E-state index >= 15 is 0 Å². The second kappa shape index (κ2) is 7.81. The second-order valence-electron chi connectivity index (χ2n) is 7.98. The lowest BCUT2D eigenvalue weighted by molar-refractivity contribution is -0.137. The van der Waals surface area contributed by atoms with Gasteiger partial charge in [-0.15, -0.1) is 0 Å². The Labute approximate surface area is 176 Å². The van der Waals surface area contributed by atoms with Crippen molar-refractivity contribution >= 4 is 17.5 Å². The molecule has 160 valence electrons. The summed E-state index contributed by atoms with van der Waals surface area (Å²) in [5.74, 6) is -0.746. The van der Waals surface area contributed by atoms with Crippen molar-refractivity contribution < 1.29 is 22.4 Å². The van der Waals surface area contributed by atoms with Crippen molar-refractivity contribution in [2.75, 3.05) is 6.54 Å². The second-order valence-corrected chi connectivity index (χ2v) is 8.35. The van der Waals surface area contributed by atoms with Gasteiger partial charge >= 0.3 is 6.18 Å². The van der Waals surface area contributed by atoms with Crippen LogP contribution in [0.5, 0.6) is 0 Å². The minimum absolute atomic E-state index is 0.412. The third kappa shape index (κ3) is 3.90. The van der Waals surface area contributed by atoms with Crippen LogP contribution in [-0.2, 0) is 6.18 Å². The normalized spacial score (nSPS) is 24.5. The van der Waals surface area contributed by atoms with E-state index in [9.17, 15) is 22.4 Å². The smallest absolute Gasteiger partial charge is 0.342 e. The third-order valence-corrected chi connectivity index (χ3v) is 6.45. The summed E-state index contributed by atoms with van der Waals surface area (Å²) in [6.07, 6.45) is -0.130. The van der Waals surface area contributed by atoms with Gasteiger partial charge in [-0.1, -0.05) is 30.2 Å². The van der Waals surface area contributed by atoms with Gasteiger partial charge in [0.05, 0.1) is 16.6 Å². The van der Waals surface area contributed by atoms with Gasteiger partial charge in [0.25, 0.3) is 5.91 Å². The summed E-state index contributed by atoms with van der Waals surface area (Å²) in [6.45, 7) is 0.802. The number of fused-ring (bicyclic) bond motifs is 2. The molecule has 9 heteroatoms. The van der Waals surface area contributed by atoms with Gasteiger partial charge in [0.1, 0.15) is 11.5 Å². The highest BCUT2D eigenvalue weighted by atomic mass is 35.5. The molecule has 4 rings (SSSR count). The Balaban J connectivity index is 1.69. The van der Waals surface area contributed by atoms with Crippen LogP contribution in [0.15, 0.2) is 36.5 Å². The molecule has 30 heavy (non-hydrogen) atoms. The number of carbonyl (C=O) groups excluding carboxylic acids is 1. The Morgan fingerprint density at radius 3 is 2.70 bits per heavy atom. The van der Waals surface area contributed by atoms with Crippen LogP contribution in [0.2, 0.25) is 5.02 Å². The van der Waals surface area contributed by atoms with Gasteiger partial charge in [-0.05, 0) is 55.5 Å². The van der Waals surface area contributed by atoms with E-state index in [1.807, 2.05) is 0 Å². The minimum Gasteiger partial charge on any atom is -0.342 e. The van der Waals surface area contributed by atoms with E-state index in [4.69, 9.17) is 11.6 Å². The van der Waals surface area contributed by atoms with Crippen molar-refractivity contribution in [2.45, 2.75) is 43.4 Å². The molecular weight excluding hydrogens is 422 g/mol. The SMILES string of the molecule is O=C(NC(c1ccc(F)cc1)C12CCCC(CN1)C2)c1nccc(C(F)(F)F)c1Cl. The quantitative estimate of drug-likeness (QED) is 0.664. The molecule has 2 fully saturated rings. The van der Waals surface area contributed by atoms with E-state index in [2.05, 4.69) is 15.6 Å². The zero-order chi connectivity index (χ0) is 21.5. The van der Waals surface area contributed by atoms with Crippen LogP contribution >= 0.6 is 11.6 Å². The van der Waals surface area contributed by atoms with Crippen molar-refractivity contribution in [1.29, 1.82) is 0 Å². The summed E-state index contributed by atoms with van der Waals surface area (Å²) in [6, 6.07) is 5.94. The number of alkyl halides is 3. The Bertz CT molecular complexity index is 946. The van der Waals surface area contributed by atoms with Crippen LogP contribution in [0.1, 0.15) is 53.3 Å². The number of hydrogen-bond acceptors (Lipinski definition) is 3. The predicted octanol–water partition coefficient (Wildman–Crippen LogP) is 4.90. The van der Waals surface area contributed by atoms with Crippen LogP contribution in [0.25, 0.3) is 0 Å². The van der Waals surface area contributed by atoms with Crippen molar-refractivity contribution in [3.05, 3.63) is 64.2 Å². The maximum Gasteiger partial charge on any atom is 0.417 e. The number of amides is 1. The topological polar surface area (TPSA) is 54.0 Å². The van der Waals surface area contributed by atoms with Crippen LogP contribution in [0.3, 0.4) is 0 Å². The fourth-order valence-electron chi connectivity index (χ4n) is 4.69. The fraction of sp³-hybridized carbons (Fsp3) is 0.429. The van der Waals surface area contributed by atoms with Crippen LogP contribution in [0, 0.1) is 11.7 Å². The summed E-state index contributed by atoms with van der Waals surface area (Å²) in [5, 5.41) is 5.61. The van der Waals surface area contributed by atoms with Gasteiger partial charge in [-0.3, -0.25) is 4.79 Å². The summed E-state index contributed by atoms with van der Waals surface area (Å²) in [7, 11) is 0. The van der Waals surface area contributed by atoms with Crippen molar-refractivity contribution in [2.24, 2.45) is 5.92 Å². The van der Waals surface area contributed by atoms with Crippen molar-refractivity contribution in [3.63, 3.8) is 0 Å². The standard InChI is InChI=1S/C21H20ClF4N3O/c22-16-15(21(24,25)26)7-9-27-17(16)19(30)29-18(13-3-5-14(23)6-4-13)20-8-1-2-12(10-20)11-28-20/h3-7,9,12,18,28H,1-2,8,10-11H2,(H,29,30). The van der Waals surface area contributed by atoms with Gasteiger partial charge < -0.3 is 10.6 Å². The molecule has 1 aliphatic heterocycles. The average Bonchev–Trinajstić information content (AvgIpc) is 3.00. The molecule has 2 bridgehead atoms. The maximum absolute atomic E-state index is 13.5. The number of benzene rings is 1. The van der Waals surface area contributed by atoms with Crippen LogP contribution < -0.4 is 10.6 Å². The average molecular weight is 442 g/mol. The van der Waals surface area contributed by atoms with Gasteiger partial charge in [-0.25, -0.2) is 9.37 Å². The largest absolute Gasteiger partial charge is 0.417 e. The fourth-order valence-corrected chi connectivity index (χ4v) is 4.99. The molecule has 3 unspecified atom stereocenters. The van der Waals surface area contributed by atoms with Crippen molar-refractivity contribution in [3.8, 4) is 0 Å². The number of nitrogens with one attached hydrogen (secondary N) is 2. The van der Waals surface area contributed by atoms with Crippen LogP contribution in [-0.4, -0.2) is 23.0 Å². The number of rotatable bonds is 4. The highest BCUT2D eigenvalue weighted by Gasteiger charge is 2.48. The van der Waals surface area contributed by atoms with E-state index < -0.39 is 45.8 Å². The van der Waals surface area contributed by atoms with E-state index in [-0.39, 0.29) is 0 Å². The molecule has 0 spiro atoms. The van der Waals surface area contributed by atoms with Gasteiger partial charge in [0.2, 0.25) is 0 Å². The molecule has 1 saturated carbocycles. The Kier molecular flexibility index (Phi) is 5.48. The molecule has 2 N–H and O–H groups in total. The summed E-state index contributed by atoms with van der Waals surface area (Å²) < 4.78 is 53.0. The number of nitrogens with zero attached hydrogens (tertiary/aromatic N) is 1. The molecule has 1 aromatic heterocycles. The van der Waals surface area contributed by atoms with Gasteiger partial charge in [0.15, 0.2) is 0 Å². The Morgan fingerprint density at radius 1 is 1.27 bits per heavy atom. The first-order chi connectivity index (χ1) is 14.2. The molecule has 3 atom stereocenters. The lowest BCUT2D eigenvalue weighted by Gasteiger charge is -2.41. The lowest BCUT2D eigenvalue weighted by atomic mass is 9.73. The maximum atomic E-state index is 13.5. The first kappa shape index (κ1) is 21.1. The molecular formula is C21H20ClF4N3O.